The van der Waals surface area contributed by atoms with E-state index in [4.69, 9.17) is 11.7 Å². The minimum atomic E-state index is -4.52. The van der Waals surface area contributed by atoms with E-state index in [-0.39, 0.29) is 5.56 Å². The van der Waals surface area contributed by atoms with Crippen LogP contribution in [0.25, 0.3) is 0 Å². The lowest BCUT2D eigenvalue weighted by molar-refractivity contribution is -0.137. The Balaban J connectivity index is 2.32. The van der Waals surface area contributed by atoms with Crippen LogP contribution in [0, 0.1) is 29.6 Å². The van der Waals surface area contributed by atoms with Crippen molar-refractivity contribution in [2.75, 3.05) is 18.0 Å². The molecule has 2 rings (SSSR count). The largest absolute Gasteiger partial charge is 0.417 e. The van der Waals surface area contributed by atoms with Crippen LogP contribution in [-0.2, 0) is 6.18 Å². The van der Waals surface area contributed by atoms with Crippen molar-refractivity contribution in [3.8, 4) is 18.4 Å². The van der Waals surface area contributed by atoms with Crippen LogP contribution in [0.5, 0.6) is 0 Å². The topological polar surface area (TPSA) is 27.0 Å². The fourth-order valence-electron chi connectivity index (χ4n) is 2.05. The Morgan fingerprint density at radius 2 is 2.05 bits per heavy atom. The smallest absolute Gasteiger partial charge is 0.360 e. The number of rotatable bonds is 4. The molecular formula is C15H13F3N2. The van der Waals surface area contributed by atoms with E-state index in [0.717, 1.165) is 25.5 Å². The SMILES string of the molecule is C#CCN(CC1CC1)c1ccc(C(F)(F)F)c(C#N)c1. The van der Waals surface area contributed by atoms with Gasteiger partial charge in [-0.15, -0.1) is 6.42 Å². The first kappa shape index (κ1) is 14.3. The minimum absolute atomic E-state index is 0.326. The molecule has 0 radical (unpaired) electrons. The highest BCUT2D eigenvalue weighted by atomic mass is 19.4. The average Bonchev–Trinajstić information content (AvgIpc) is 3.20. The molecule has 0 saturated heterocycles. The van der Waals surface area contributed by atoms with Crippen LogP contribution in [0.4, 0.5) is 18.9 Å². The molecule has 1 aromatic carbocycles. The first-order valence-corrected chi connectivity index (χ1v) is 6.25. The number of alkyl halides is 3. The molecule has 0 unspecified atom stereocenters. The monoisotopic (exact) mass is 278 g/mol. The first-order valence-electron chi connectivity index (χ1n) is 6.25. The number of anilines is 1. The Morgan fingerprint density at radius 3 is 2.55 bits per heavy atom. The third-order valence-corrected chi connectivity index (χ3v) is 3.25. The van der Waals surface area contributed by atoms with Gasteiger partial charge in [0.25, 0.3) is 0 Å². The Labute approximate surface area is 115 Å². The molecule has 0 bridgehead atoms. The van der Waals surface area contributed by atoms with Gasteiger partial charge in [0.15, 0.2) is 0 Å². The number of terminal acetylenes is 1. The summed E-state index contributed by atoms with van der Waals surface area (Å²) in [6.07, 6.45) is 3.01. The summed E-state index contributed by atoms with van der Waals surface area (Å²) in [5, 5.41) is 8.90. The number of nitriles is 1. The van der Waals surface area contributed by atoms with Gasteiger partial charge in [-0.1, -0.05) is 5.92 Å². The van der Waals surface area contributed by atoms with Crippen molar-refractivity contribution in [3.63, 3.8) is 0 Å². The molecule has 5 heteroatoms. The number of nitrogens with zero attached hydrogens (tertiary/aromatic N) is 2. The first-order chi connectivity index (χ1) is 9.45. The summed E-state index contributed by atoms with van der Waals surface area (Å²) in [6, 6.07) is 5.20. The predicted octanol–water partition coefficient (Wildman–Crippen LogP) is 3.43. The van der Waals surface area contributed by atoms with E-state index in [1.165, 1.54) is 12.1 Å². The molecule has 104 valence electrons. The maximum absolute atomic E-state index is 12.7. The summed E-state index contributed by atoms with van der Waals surface area (Å²) < 4.78 is 38.2. The van der Waals surface area contributed by atoms with Crippen molar-refractivity contribution >= 4 is 5.69 Å². The maximum Gasteiger partial charge on any atom is 0.417 e. The lowest BCUT2D eigenvalue weighted by Crippen LogP contribution is -2.26. The Kier molecular flexibility index (Phi) is 3.90. The average molecular weight is 278 g/mol. The van der Waals surface area contributed by atoms with E-state index < -0.39 is 11.7 Å². The van der Waals surface area contributed by atoms with Gasteiger partial charge in [0, 0.05) is 12.2 Å². The maximum atomic E-state index is 12.7. The quantitative estimate of drug-likeness (QED) is 0.789. The van der Waals surface area contributed by atoms with Crippen molar-refractivity contribution in [1.82, 2.24) is 0 Å². The van der Waals surface area contributed by atoms with E-state index in [1.54, 1.807) is 6.07 Å². The molecule has 20 heavy (non-hydrogen) atoms. The molecule has 0 spiro atoms. The van der Waals surface area contributed by atoms with Crippen LogP contribution in [0.1, 0.15) is 24.0 Å². The van der Waals surface area contributed by atoms with Gasteiger partial charge in [0.2, 0.25) is 0 Å². The summed E-state index contributed by atoms with van der Waals surface area (Å²) in [7, 11) is 0. The van der Waals surface area contributed by atoms with Crippen LogP contribution >= 0.6 is 0 Å². The lowest BCUT2D eigenvalue weighted by atomic mass is 10.1. The second kappa shape index (κ2) is 5.46. The van der Waals surface area contributed by atoms with Gasteiger partial charge >= 0.3 is 6.18 Å². The number of hydrogen-bond acceptors (Lipinski definition) is 2. The highest BCUT2D eigenvalue weighted by molar-refractivity contribution is 5.56. The Bertz CT molecular complexity index is 574. The number of benzene rings is 1. The van der Waals surface area contributed by atoms with Gasteiger partial charge in [-0.2, -0.15) is 18.4 Å². The normalized spacial score (nSPS) is 14.4. The van der Waals surface area contributed by atoms with Gasteiger partial charge in [-0.3, -0.25) is 0 Å². The summed E-state index contributed by atoms with van der Waals surface area (Å²) in [5.41, 5.74) is -0.706. The third-order valence-electron chi connectivity index (χ3n) is 3.25. The molecule has 1 aliphatic carbocycles. The fourth-order valence-corrected chi connectivity index (χ4v) is 2.05. The molecule has 0 atom stereocenters. The zero-order valence-electron chi connectivity index (χ0n) is 10.7. The second-order valence-corrected chi connectivity index (χ2v) is 4.87. The van der Waals surface area contributed by atoms with Gasteiger partial charge in [-0.25, -0.2) is 0 Å². The molecule has 0 amide bonds. The summed E-state index contributed by atoms with van der Waals surface area (Å²) >= 11 is 0. The molecule has 1 saturated carbocycles. The minimum Gasteiger partial charge on any atom is -0.360 e. The van der Waals surface area contributed by atoms with Crippen LogP contribution in [0.3, 0.4) is 0 Å². The van der Waals surface area contributed by atoms with Gasteiger partial charge in [0.05, 0.1) is 23.7 Å². The van der Waals surface area contributed by atoms with Crippen molar-refractivity contribution in [2.24, 2.45) is 5.92 Å². The van der Waals surface area contributed by atoms with Crippen LogP contribution < -0.4 is 4.90 Å². The summed E-state index contributed by atoms with van der Waals surface area (Å²) in [5.74, 6) is 3.05. The van der Waals surface area contributed by atoms with E-state index in [0.29, 0.717) is 18.2 Å². The predicted molar refractivity (Wildman–Crippen MR) is 69.9 cm³/mol. The van der Waals surface area contributed by atoms with E-state index >= 15 is 0 Å². The summed E-state index contributed by atoms with van der Waals surface area (Å²) in [4.78, 5) is 1.85. The van der Waals surface area contributed by atoms with E-state index in [9.17, 15) is 13.2 Å². The van der Waals surface area contributed by atoms with Crippen LogP contribution in [0.15, 0.2) is 18.2 Å². The Morgan fingerprint density at radius 1 is 1.35 bits per heavy atom. The third kappa shape index (κ3) is 3.24. The van der Waals surface area contributed by atoms with Crippen LogP contribution in [0.2, 0.25) is 0 Å². The van der Waals surface area contributed by atoms with E-state index in [1.807, 2.05) is 4.90 Å². The molecular weight excluding hydrogens is 265 g/mol. The second-order valence-electron chi connectivity index (χ2n) is 4.87. The molecule has 1 fully saturated rings. The molecule has 2 nitrogen and oxygen atoms in total. The molecule has 0 aliphatic heterocycles. The summed E-state index contributed by atoms with van der Waals surface area (Å²) in [6.45, 7) is 1.05. The van der Waals surface area contributed by atoms with Gasteiger partial charge in [-0.05, 0) is 37.0 Å². The zero-order chi connectivity index (χ0) is 14.8. The number of hydrogen-bond donors (Lipinski definition) is 0. The van der Waals surface area contributed by atoms with Gasteiger partial charge in [0.1, 0.15) is 0 Å². The lowest BCUT2D eigenvalue weighted by Gasteiger charge is -2.23. The Hall–Kier alpha value is -2.14. The highest BCUT2D eigenvalue weighted by Crippen LogP contribution is 2.35. The van der Waals surface area contributed by atoms with Crippen molar-refractivity contribution in [3.05, 3.63) is 29.3 Å². The standard InChI is InChI=1S/C15H13F3N2/c1-2-7-20(10-11-3-4-11)13-5-6-14(15(16,17)18)12(8-13)9-19/h1,5-6,8,11H,3-4,7,10H2. The highest BCUT2D eigenvalue weighted by Gasteiger charge is 2.34. The molecule has 1 aromatic rings. The van der Waals surface area contributed by atoms with Crippen molar-refractivity contribution < 1.29 is 13.2 Å². The molecule has 0 aromatic heterocycles. The van der Waals surface area contributed by atoms with Crippen molar-refractivity contribution in [2.45, 2.75) is 19.0 Å². The fraction of sp³-hybridized carbons (Fsp3) is 0.400. The van der Waals surface area contributed by atoms with E-state index in [2.05, 4.69) is 5.92 Å². The molecule has 0 heterocycles. The van der Waals surface area contributed by atoms with Crippen LogP contribution in [-0.4, -0.2) is 13.1 Å². The molecule has 0 N–H and O–H groups in total. The van der Waals surface area contributed by atoms with Gasteiger partial charge < -0.3 is 4.90 Å². The zero-order valence-corrected chi connectivity index (χ0v) is 10.7. The molecule has 1 aliphatic rings. The number of halogens is 3. The van der Waals surface area contributed by atoms with Crippen molar-refractivity contribution in [1.29, 1.82) is 5.26 Å².